The van der Waals surface area contributed by atoms with Gasteiger partial charge in [-0.1, -0.05) is 0 Å². The van der Waals surface area contributed by atoms with Crippen LogP contribution in [-0.4, -0.2) is 37.0 Å². The number of carbonyl (C=O) groups is 2. The molecule has 0 aliphatic rings. The lowest BCUT2D eigenvalue weighted by molar-refractivity contribution is -0.384. The van der Waals surface area contributed by atoms with Gasteiger partial charge in [0.25, 0.3) is 11.6 Å². The molecule has 10 heteroatoms. The topological polar surface area (TPSA) is 126 Å². The fourth-order valence-electron chi connectivity index (χ4n) is 2.18. The highest BCUT2D eigenvalue weighted by molar-refractivity contribution is 7.14. The van der Waals surface area contributed by atoms with E-state index in [1.165, 1.54) is 30.4 Å². The number of nitrogens with one attached hydrogen (secondary N) is 1. The predicted molar refractivity (Wildman–Crippen MR) is 100.0 cm³/mol. The van der Waals surface area contributed by atoms with E-state index >= 15 is 0 Å². The molecule has 0 saturated heterocycles. The van der Waals surface area contributed by atoms with Gasteiger partial charge in [0.15, 0.2) is 6.10 Å². The van der Waals surface area contributed by atoms with Gasteiger partial charge in [-0.05, 0) is 24.4 Å². The van der Waals surface area contributed by atoms with Crippen molar-refractivity contribution in [3.63, 3.8) is 0 Å². The van der Waals surface area contributed by atoms with Gasteiger partial charge in [-0.2, -0.15) is 5.26 Å². The van der Waals surface area contributed by atoms with E-state index in [0.29, 0.717) is 16.3 Å². The second kappa shape index (κ2) is 8.29. The largest absolute Gasteiger partial charge is 0.449 e. The predicted octanol–water partition coefficient (Wildman–Crippen LogP) is 2.78. The molecule has 27 heavy (non-hydrogen) atoms. The zero-order chi connectivity index (χ0) is 20.1. The minimum atomic E-state index is -1.17. The number of non-ortho nitro benzene ring substituents is 1. The number of ether oxygens (including phenoxy) is 1. The molecule has 0 aliphatic heterocycles. The number of amides is 1. The van der Waals surface area contributed by atoms with Crippen LogP contribution in [0.3, 0.4) is 0 Å². The van der Waals surface area contributed by atoms with Crippen molar-refractivity contribution in [3.8, 4) is 6.07 Å². The molecular weight excluding hydrogens is 372 g/mol. The minimum Gasteiger partial charge on any atom is -0.449 e. The highest BCUT2D eigenvalue weighted by Crippen LogP contribution is 2.26. The van der Waals surface area contributed by atoms with Crippen LogP contribution in [0.4, 0.5) is 16.4 Å². The zero-order valence-electron chi connectivity index (χ0n) is 14.8. The number of anilines is 2. The summed E-state index contributed by atoms with van der Waals surface area (Å²) < 4.78 is 5.17. The van der Waals surface area contributed by atoms with Crippen molar-refractivity contribution in [2.75, 3.05) is 24.3 Å². The first kappa shape index (κ1) is 19.9. The summed E-state index contributed by atoms with van der Waals surface area (Å²) in [5, 5.41) is 24.5. The van der Waals surface area contributed by atoms with Crippen LogP contribution in [0, 0.1) is 21.4 Å². The van der Waals surface area contributed by atoms with Crippen LogP contribution in [-0.2, 0) is 9.53 Å². The molecule has 9 nitrogen and oxygen atoms in total. The number of nitro benzene ring substituents is 1. The van der Waals surface area contributed by atoms with Crippen molar-refractivity contribution in [3.05, 3.63) is 50.9 Å². The van der Waals surface area contributed by atoms with Gasteiger partial charge in [-0.15, -0.1) is 11.3 Å². The molecule has 0 saturated carbocycles. The maximum Gasteiger partial charge on any atom is 0.341 e. The van der Waals surface area contributed by atoms with Crippen molar-refractivity contribution in [2.24, 2.45) is 0 Å². The van der Waals surface area contributed by atoms with Crippen LogP contribution in [0.5, 0.6) is 0 Å². The maximum atomic E-state index is 12.5. The van der Waals surface area contributed by atoms with Gasteiger partial charge in [-0.3, -0.25) is 14.9 Å². The molecule has 1 aromatic heterocycles. The number of nitro groups is 1. The summed E-state index contributed by atoms with van der Waals surface area (Å²) in [5.74, 6) is -1.48. The summed E-state index contributed by atoms with van der Waals surface area (Å²) >= 11 is 1.17. The maximum absolute atomic E-state index is 12.5. The number of benzene rings is 1. The number of carbonyl (C=O) groups excluding carboxylic acids is 2. The first-order chi connectivity index (χ1) is 12.7. The summed E-state index contributed by atoms with van der Waals surface area (Å²) in [5.41, 5.74) is 0.438. The Balaban J connectivity index is 2.18. The molecule has 1 heterocycles. The fraction of sp³-hybridized carbons (Fsp3) is 0.235. The van der Waals surface area contributed by atoms with E-state index in [9.17, 15) is 19.7 Å². The summed E-state index contributed by atoms with van der Waals surface area (Å²) in [7, 11) is 3.35. The van der Waals surface area contributed by atoms with E-state index in [2.05, 4.69) is 5.32 Å². The van der Waals surface area contributed by atoms with E-state index in [1.54, 1.807) is 30.4 Å². The standard InChI is InChI=1S/C17H16N4O5S/c1-10(15(22)19-16-11(9-18)6-7-27-16)26-17(23)13-8-12(21(24)25)4-5-14(13)20(2)3/h4-8,10H,1-3H3,(H,19,22)/t10-/m1/s1. The fourth-order valence-corrected chi connectivity index (χ4v) is 2.92. The Kier molecular flexibility index (Phi) is 6.10. The van der Waals surface area contributed by atoms with Gasteiger partial charge in [0.05, 0.1) is 21.7 Å². The number of hydrogen-bond donors (Lipinski definition) is 1. The van der Waals surface area contributed by atoms with E-state index in [-0.39, 0.29) is 11.3 Å². The number of thiophene rings is 1. The lowest BCUT2D eigenvalue weighted by Gasteiger charge is -2.18. The van der Waals surface area contributed by atoms with Crippen LogP contribution in [0.25, 0.3) is 0 Å². The number of hydrogen-bond acceptors (Lipinski definition) is 8. The smallest absolute Gasteiger partial charge is 0.341 e. The van der Waals surface area contributed by atoms with Crippen molar-refractivity contribution >= 4 is 39.6 Å². The summed E-state index contributed by atoms with van der Waals surface area (Å²) in [4.78, 5) is 36.7. The highest BCUT2D eigenvalue weighted by Gasteiger charge is 2.24. The molecule has 0 fully saturated rings. The van der Waals surface area contributed by atoms with Crippen LogP contribution < -0.4 is 10.2 Å². The average Bonchev–Trinajstić information content (AvgIpc) is 3.07. The van der Waals surface area contributed by atoms with Crippen LogP contribution in [0.1, 0.15) is 22.8 Å². The Hall–Kier alpha value is -3.45. The summed E-state index contributed by atoms with van der Waals surface area (Å²) in [6.07, 6.45) is -1.17. The Morgan fingerprint density at radius 2 is 2.07 bits per heavy atom. The Labute approximate surface area is 158 Å². The SMILES string of the molecule is C[C@@H](OC(=O)c1cc([N+](=O)[O-])ccc1N(C)C)C(=O)Nc1sccc1C#N. The first-order valence-electron chi connectivity index (χ1n) is 7.69. The van der Waals surface area contributed by atoms with Gasteiger partial charge >= 0.3 is 5.97 Å². The minimum absolute atomic E-state index is 0.0253. The molecule has 1 N–H and O–H groups in total. The van der Waals surface area contributed by atoms with Gasteiger partial charge in [0, 0.05) is 26.2 Å². The van der Waals surface area contributed by atoms with Crippen LogP contribution in [0.15, 0.2) is 29.6 Å². The highest BCUT2D eigenvalue weighted by atomic mass is 32.1. The van der Waals surface area contributed by atoms with Gasteiger partial charge < -0.3 is 15.0 Å². The number of nitriles is 1. The molecule has 140 valence electrons. The van der Waals surface area contributed by atoms with Crippen molar-refractivity contribution in [1.29, 1.82) is 5.26 Å². The molecule has 0 bridgehead atoms. The molecule has 0 aliphatic carbocycles. The van der Waals surface area contributed by atoms with E-state index in [0.717, 1.165) is 6.07 Å². The molecule has 1 atom stereocenters. The van der Waals surface area contributed by atoms with Gasteiger partial charge in [0.2, 0.25) is 0 Å². The Morgan fingerprint density at radius 1 is 1.37 bits per heavy atom. The van der Waals surface area contributed by atoms with E-state index in [4.69, 9.17) is 10.00 Å². The van der Waals surface area contributed by atoms with Crippen LogP contribution >= 0.6 is 11.3 Å². The quantitative estimate of drug-likeness (QED) is 0.458. The normalized spacial score (nSPS) is 11.2. The molecule has 2 aromatic rings. The monoisotopic (exact) mass is 388 g/mol. The molecule has 2 rings (SSSR count). The van der Waals surface area contributed by atoms with E-state index in [1.807, 2.05) is 6.07 Å². The van der Waals surface area contributed by atoms with E-state index < -0.39 is 22.9 Å². The number of rotatable bonds is 6. The van der Waals surface area contributed by atoms with Gasteiger partial charge in [0.1, 0.15) is 11.1 Å². The Bertz CT molecular complexity index is 932. The molecule has 1 amide bonds. The second-order valence-corrected chi connectivity index (χ2v) is 6.58. The Morgan fingerprint density at radius 3 is 2.67 bits per heavy atom. The zero-order valence-corrected chi connectivity index (χ0v) is 15.6. The van der Waals surface area contributed by atoms with Crippen molar-refractivity contribution < 1.29 is 19.2 Å². The summed E-state index contributed by atoms with van der Waals surface area (Å²) in [6.45, 7) is 1.37. The lowest BCUT2D eigenvalue weighted by Crippen LogP contribution is -2.30. The third-order valence-electron chi connectivity index (χ3n) is 3.57. The molecule has 0 radical (unpaired) electrons. The summed E-state index contributed by atoms with van der Waals surface area (Å²) in [6, 6.07) is 7.32. The third kappa shape index (κ3) is 4.59. The molecule has 0 spiro atoms. The molecule has 1 aromatic carbocycles. The van der Waals surface area contributed by atoms with Crippen molar-refractivity contribution in [1.82, 2.24) is 0 Å². The van der Waals surface area contributed by atoms with Crippen molar-refractivity contribution in [2.45, 2.75) is 13.0 Å². The molecule has 0 unspecified atom stereocenters. The lowest BCUT2D eigenvalue weighted by atomic mass is 10.1. The number of esters is 1. The van der Waals surface area contributed by atoms with Crippen LogP contribution in [0.2, 0.25) is 0 Å². The third-order valence-corrected chi connectivity index (χ3v) is 4.40. The number of nitrogens with zero attached hydrogens (tertiary/aromatic N) is 3. The van der Waals surface area contributed by atoms with Gasteiger partial charge in [-0.25, -0.2) is 4.79 Å². The first-order valence-corrected chi connectivity index (χ1v) is 8.57. The molecular formula is C17H16N4O5S. The second-order valence-electron chi connectivity index (χ2n) is 5.66. The average molecular weight is 388 g/mol.